The van der Waals surface area contributed by atoms with Crippen LogP contribution in [0.3, 0.4) is 0 Å². The van der Waals surface area contributed by atoms with Gasteiger partial charge in [0, 0.05) is 16.3 Å². The summed E-state index contributed by atoms with van der Waals surface area (Å²) in [6, 6.07) is 7.69. The second-order valence-electron chi connectivity index (χ2n) is 4.44. The van der Waals surface area contributed by atoms with Gasteiger partial charge in [-0.2, -0.15) is 0 Å². The Morgan fingerprint density at radius 3 is 2.76 bits per heavy atom. The third-order valence-corrected chi connectivity index (χ3v) is 3.65. The maximum atomic E-state index is 13.0. The summed E-state index contributed by atoms with van der Waals surface area (Å²) >= 11 is 1.98. The Morgan fingerprint density at radius 2 is 2.14 bits per heavy atom. The quantitative estimate of drug-likeness (QED) is 0.750. The molecule has 2 N–H and O–H groups in total. The van der Waals surface area contributed by atoms with Crippen LogP contribution in [0, 0.1) is 9.39 Å². The summed E-state index contributed by atoms with van der Waals surface area (Å²) in [6.07, 6.45) is 2.52. The van der Waals surface area contributed by atoms with Gasteiger partial charge in [0.2, 0.25) is 0 Å². The van der Waals surface area contributed by atoms with E-state index >= 15 is 0 Å². The number of hydrogen-bond acceptors (Lipinski definition) is 3. The number of carbonyl (C=O) groups excluding carboxylic acids is 1. The number of benzene rings is 1. The van der Waals surface area contributed by atoms with E-state index in [1.54, 1.807) is 18.2 Å². The number of aromatic nitrogens is 1. The van der Waals surface area contributed by atoms with Gasteiger partial charge < -0.3 is 10.6 Å². The highest BCUT2D eigenvalue weighted by Crippen LogP contribution is 2.19. The fourth-order valence-electron chi connectivity index (χ4n) is 1.67. The van der Waals surface area contributed by atoms with E-state index in [-0.39, 0.29) is 11.7 Å². The Labute approximate surface area is 136 Å². The highest BCUT2D eigenvalue weighted by molar-refractivity contribution is 14.1. The molecule has 1 amide bonds. The van der Waals surface area contributed by atoms with Gasteiger partial charge in [0.05, 0.1) is 11.3 Å². The Kier molecular flexibility index (Phi) is 5.49. The molecule has 0 radical (unpaired) electrons. The van der Waals surface area contributed by atoms with Crippen LogP contribution in [0.4, 0.5) is 15.9 Å². The highest BCUT2D eigenvalue weighted by Gasteiger charge is 2.09. The Balaban J connectivity index is 2.06. The van der Waals surface area contributed by atoms with E-state index in [2.05, 4.69) is 22.5 Å². The molecule has 0 fully saturated rings. The molecule has 0 saturated heterocycles. The second kappa shape index (κ2) is 7.35. The molecule has 110 valence electrons. The van der Waals surface area contributed by atoms with Crippen LogP contribution in [0.15, 0.2) is 36.5 Å². The molecule has 2 rings (SSSR count). The van der Waals surface area contributed by atoms with Crippen molar-refractivity contribution < 1.29 is 9.18 Å². The highest BCUT2D eigenvalue weighted by atomic mass is 127. The molecule has 1 aromatic carbocycles. The van der Waals surface area contributed by atoms with Crippen molar-refractivity contribution in [1.82, 2.24) is 4.98 Å². The number of hydrogen-bond donors (Lipinski definition) is 2. The lowest BCUT2D eigenvalue weighted by molar-refractivity contribution is 0.102. The summed E-state index contributed by atoms with van der Waals surface area (Å²) in [4.78, 5) is 16.3. The van der Waals surface area contributed by atoms with Crippen molar-refractivity contribution in [2.24, 2.45) is 0 Å². The number of carbonyl (C=O) groups is 1. The summed E-state index contributed by atoms with van der Waals surface area (Å²) in [5, 5.41) is 5.88. The second-order valence-corrected chi connectivity index (χ2v) is 5.60. The minimum absolute atomic E-state index is 0.269. The van der Waals surface area contributed by atoms with E-state index in [1.165, 1.54) is 18.3 Å². The van der Waals surface area contributed by atoms with E-state index < -0.39 is 0 Å². The number of amides is 1. The van der Waals surface area contributed by atoms with Crippen LogP contribution in [0.5, 0.6) is 0 Å². The summed E-state index contributed by atoms with van der Waals surface area (Å²) in [5.41, 5.74) is 1.03. The average Bonchev–Trinajstić information content (AvgIpc) is 2.48. The van der Waals surface area contributed by atoms with Crippen molar-refractivity contribution in [2.45, 2.75) is 13.3 Å². The smallest absolute Gasteiger partial charge is 0.257 e. The first-order chi connectivity index (χ1) is 10.1. The molecule has 0 saturated carbocycles. The van der Waals surface area contributed by atoms with Crippen LogP contribution in [-0.2, 0) is 0 Å². The first-order valence-corrected chi connectivity index (χ1v) is 7.64. The number of anilines is 2. The van der Waals surface area contributed by atoms with Crippen molar-refractivity contribution in [3.8, 4) is 0 Å². The van der Waals surface area contributed by atoms with Gasteiger partial charge in [0.25, 0.3) is 5.91 Å². The van der Waals surface area contributed by atoms with Gasteiger partial charge in [-0.1, -0.05) is 6.92 Å². The normalized spacial score (nSPS) is 10.2. The number of nitrogens with one attached hydrogen (secondary N) is 2. The van der Waals surface area contributed by atoms with Gasteiger partial charge in [-0.05, 0) is 59.3 Å². The SMILES string of the molecule is CCCNc1ccc(C(=O)Nc2ccc(F)cc2I)cn1. The molecule has 0 aliphatic heterocycles. The van der Waals surface area contributed by atoms with Crippen molar-refractivity contribution in [2.75, 3.05) is 17.2 Å². The van der Waals surface area contributed by atoms with Crippen LogP contribution in [0.1, 0.15) is 23.7 Å². The van der Waals surface area contributed by atoms with Crippen LogP contribution >= 0.6 is 22.6 Å². The minimum Gasteiger partial charge on any atom is -0.370 e. The zero-order valence-corrected chi connectivity index (χ0v) is 13.6. The van der Waals surface area contributed by atoms with Gasteiger partial charge in [0.15, 0.2) is 0 Å². The molecule has 1 heterocycles. The van der Waals surface area contributed by atoms with Gasteiger partial charge in [0.1, 0.15) is 11.6 Å². The van der Waals surface area contributed by atoms with Gasteiger partial charge >= 0.3 is 0 Å². The van der Waals surface area contributed by atoms with Crippen molar-refractivity contribution in [3.05, 3.63) is 51.5 Å². The molecule has 1 aromatic heterocycles. The molecular weight excluding hydrogens is 384 g/mol. The molecule has 0 spiro atoms. The molecule has 0 aliphatic carbocycles. The van der Waals surface area contributed by atoms with Crippen molar-refractivity contribution in [1.29, 1.82) is 0 Å². The fraction of sp³-hybridized carbons (Fsp3) is 0.200. The molecule has 0 unspecified atom stereocenters. The molecule has 4 nitrogen and oxygen atoms in total. The summed E-state index contributed by atoms with van der Waals surface area (Å²) < 4.78 is 13.7. The molecule has 0 bridgehead atoms. The molecule has 0 atom stereocenters. The Hall–Kier alpha value is -1.70. The topological polar surface area (TPSA) is 54.0 Å². The van der Waals surface area contributed by atoms with Crippen molar-refractivity contribution in [3.63, 3.8) is 0 Å². The standard InChI is InChI=1S/C15H15FIN3O/c1-2-7-18-14-6-3-10(9-19-14)15(21)20-13-5-4-11(16)8-12(13)17/h3-6,8-9H,2,7H2,1H3,(H,18,19)(H,20,21). The number of rotatable bonds is 5. The van der Waals surface area contributed by atoms with Crippen LogP contribution < -0.4 is 10.6 Å². The number of nitrogens with zero attached hydrogens (tertiary/aromatic N) is 1. The maximum absolute atomic E-state index is 13.0. The lowest BCUT2D eigenvalue weighted by atomic mass is 10.2. The zero-order chi connectivity index (χ0) is 15.2. The van der Waals surface area contributed by atoms with E-state index in [9.17, 15) is 9.18 Å². The third-order valence-electron chi connectivity index (χ3n) is 2.76. The molecule has 2 aromatic rings. The van der Waals surface area contributed by atoms with Gasteiger partial charge in [-0.3, -0.25) is 4.79 Å². The van der Waals surface area contributed by atoms with E-state index in [0.29, 0.717) is 14.8 Å². The first kappa shape index (κ1) is 15.7. The molecular formula is C15H15FIN3O. The average molecular weight is 399 g/mol. The molecule has 21 heavy (non-hydrogen) atoms. The maximum Gasteiger partial charge on any atom is 0.257 e. The van der Waals surface area contributed by atoms with E-state index in [1.807, 2.05) is 22.6 Å². The first-order valence-electron chi connectivity index (χ1n) is 6.56. The number of halogens is 2. The predicted octanol–water partition coefficient (Wildman–Crippen LogP) is 3.90. The monoisotopic (exact) mass is 399 g/mol. The van der Waals surface area contributed by atoms with Crippen LogP contribution in [-0.4, -0.2) is 17.4 Å². The summed E-state index contributed by atoms with van der Waals surface area (Å²) in [5.74, 6) is 0.143. The molecule has 0 aliphatic rings. The Morgan fingerprint density at radius 1 is 1.33 bits per heavy atom. The fourth-order valence-corrected chi connectivity index (χ4v) is 2.28. The zero-order valence-electron chi connectivity index (χ0n) is 11.5. The summed E-state index contributed by atoms with van der Waals surface area (Å²) in [7, 11) is 0. The lowest BCUT2D eigenvalue weighted by Gasteiger charge is -2.08. The third kappa shape index (κ3) is 4.38. The van der Waals surface area contributed by atoms with Gasteiger partial charge in [-0.15, -0.1) is 0 Å². The van der Waals surface area contributed by atoms with E-state index in [0.717, 1.165) is 18.8 Å². The minimum atomic E-state index is -0.328. The van der Waals surface area contributed by atoms with E-state index in [4.69, 9.17) is 0 Å². The largest absolute Gasteiger partial charge is 0.370 e. The van der Waals surface area contributed by atoms with Gasteiger partial charge in [-0.25, -0.2) is 9.37 Å². The van der Waals surface area contributed by atoms with Crippen LogP contribution in [0.25, 0.3) is 0 Å². The molecule has 6 heteroatoms. The summed E-state index contributed by atoms with van der Waals surface area (Å²) in [6.45, 7) is 2.91. The van der Waals surface area contributed by atoms with Crippen molar-refractivity contribution >= 4 is 40.0 Å². The van der Waals surface area contributed by atoms with Crippen LogP contribution in [0.2, 0.25) is 0 Å². The Bertz CT molecular complexity index is 631. The number of pyridine rings is 1. The lowest BCUT2D eigenvalue weighted by Crippen LogP contribution is -2.13. The predicted molar refractivity (Wildman–Crippen MR) is 90.1 cm³/mol.